The van der Waals surface area contributed by atoms with Crippen molar-refractivity contribution < 1.29 is 26.9 Å². The van der Waals surface area contributed by atoms with Gasteiger partial charge in [-0.2, -0.15) is 13.2 Å². The number of piperidine rings is 1. The summed E-state index contributed by atoms with van der Waals surface area (Å²) < 4.78 is 47.6. The van der Waals surface area contributed by atoms with Crippen LogP contribution in [0.15, 0.2) is 8.94 Å². The minimum absolute atomic E-state index is 0.0646. The first kappa shape index (κ1) is 18.4. The lowest BCUT2D eigenvalue weighted by Crippen LogP contribution is -2.39. The van der Waals surface area contributed by atoms with Crippen molar-refractivity contribution in [3.8, 4) is 0 Å². The molecule has 0 saturated carbocycles. The van der Waals surface area contributed by atoms with E-state index in [1.54, 1.807) is 11.8 Å². The summed E-state index contributed by atoms with van der Waals surface area (Å²) in [7, 11) is 0. The van der Waals surface area contributed by atoms with Gasteiger partial charge in [-0.3, -0.25) is 4.79 Å². The molecule has 0 radical (unpaired) electrons. The summed E-state index contributed by atoms with van der Waals surface area (Å²) >= 11 is 0. The molecule has 1 atom stereocenters. The van der Waals surface area contributed by atoms with Crippen LogP contribution in [0.1, 0.15) is 54.0 Å². The number of hydrogen-bond donors (Lipinski definition) is 0. The Labute approximate surface area is 147 Å². The maximum Gasteiger partial charge on any atom is 0.470 e. The molecule has 2 aromatic rings. The standard InChI is InChI=1S/C16H19F3N4O3/c1-9-12(10(2)26-22-9)5-6-13(24)23-7-3-4-11(8-23)14-20-21-15(25-14)16(17,18)19/h11H,3-8H2,1-2H3. The molecule has 0 aromatic carbocycles. The van der Waals surface area contributed by atoms with Gasteiger partial charge in [0.2, 0.25) is 11.8 Å². The number of rotatable bonds is 4. The average molecular weight is 372 g/mol. The summed E-state index contributed by atoms with van der Waals surface area (Å²) in [6.07, 6.45) is -2.59. The summed E-state index contributed by atoms with van der Waals surface area (Å²) in [5.41, 5.74) is 1.68. The van der Waals surface area contributed by atoms with Crippen LogP contribution in [0.2, 0.25) is 0 Å². The molecule has 1 aliphatic rings. The zero-order valence-electron chi connectivity index (χ0n) is 14.5. The lowest BCUT2D eigenvalue weighted by atomic mass is 9.97. The molecule has 0 aliphatic carbocycles. The largest absolute Gasteiger partial charge is 0.470 e. The highest BCUT2D eigenvalue weighted by Crippen LogP contribution is 2.32. The van der Waals surface area contributed by atoms with E-state index in [4.69, 9.17) is 8.94 Å². The highest BCUT2D eigenvalue weighted by Gasteiger charge is 2.39. The lowest BCUT2D eigenvalue weighted by Gasteiger charge is -2.31. The van der Waals surface area contributed by atoms with Gasteiger partial charge in [0.1, 0.15) is 5.76 Å². The highest BCUT2D eigenvalue weighted by molar-refractivity contribution is 5.76. The van der Waals surface area contributed by atoms with Gasteiger partial charge >= 0.3 is 12.1 Å². The normalized spacial score (nSPS) is 18.3. The molecule has 2 aromatic heterocycles. The predicted molar refractivity (Wildman–Crippen MR) is 82.2 cm³/mol. The van der Waals surface area contributed by atoms with E-state index < -0.39 is 12.1 Å². The van der Waals surface area contributed by atoms with E-state index in [9.17, 15) is 18.0 Å². The minimum atomic E-state index is -4.66. The topological polar surface area (TPSA) is 85.3 Å². The molecule has 1 unspecified atom stereocenters. The van der Waals surface area contributed by atoms with Gasteiger partial charge in [-0.15, -0.1) is 10.2 Å². The van der Waals surface area contributed by atoms with E-state index in [2.05, 4.69) is 15.4 Å². The van der Waals surface area contributed by atoms with Crippen LogP contribution in [0.4, 0.5) is 13.2 Å². The Kier molecular flexibility index (Phi) is 5.01. The van der Waals surface area contributed by atoms with E-state index in [0.717, 1.165) is 11.3 Å². The highest BCUT2D eigenvalue weighted by atomic mass is 19.4. The summed E-state index contributed by atoms with van der Waals surface area (Å²) in [4.78, 5) is 14.1. The fourth-order valence-corrected chi connectivity index (χ4v) is 3.17. The number of carbonyl (C=O) groups is 1. The molecular formula is C16H19F3N4O3. The number of nitrogens with zero attached hydrogens (tertiary/aromatic N) is 4. The van der Waals surface area contributed by atoms with Crippen LogP contribution < -0.4 is 0 Å². The maximum atomic E-state index is 12.6. The van der Waals surface area contributed by atoms with Gasteiger partial charge in [-0.05, 0) is 33.1 Å². The van der Waals surface area contributed by atoms with Crippen LogP contribution in [0.25, 0.3) is 0 Å². The van der Waals surface area contributed by atoms with Crippen LogP contribution in [0, 0.1) is 13.8 Å². The Bertz CT molecular complexity index is 765. The first-order valence-corrected chi connectivity index (χ1v) is 8.36. The van der Waals surface area contributed by atoms with E-state index in [-0.39, 0.29) is 30.7 Å². The number of halogens is 3. The van der Waals surface area contributed by atoms with E-state index in [1.165, 1.54) is 0 Å². The van der Waals surface area contributed by atoms with Crippen molar-refractivity contribution in [1.29, 1.82) is 0 Å². The quantitative estimate of drug-likeness (QED) is 0.820. The van der Waals surface area contributed by atoms with Crippen molar-refractivity contribution in [2.75, 3.05) is 13.1 Å². The molecule has 1 amide bonds. The Morgan fingerprint density at radius 2 is 2.08 bits per heavy atom. The van der Waals surface area contributed by atoms with Gasteiger partial charge in [0, 0.05) is 25.1 Å². The summed E-state index contributed by atoms with van der Waals surface area (Å²) in [5.74, 6) is -1.17. The van der Waals surface area contributed by atoms with Gasteiger partial charge in [0.15, 0.2) is 0 Å². The van der Waals surface area contributed by atoms with Crippen molar-refractivity contribution in [3.63, 3.8) is 0 Å². The smallest absolute Gasteiger partial charge is 0.417 e. The van der Waals surface area contributed by atoms with Crippen molar-refractivity contribution in [3.05, 3.63) is 28.8 Å². The molecule has 0 N–H and O–H groups in total. The third-order valence-corrected chi connectivity index (χ3v) is 4.58. The Balaban J connectivity index is 1.61. The number of carbonyl (C=O) groups excluding carboxylic acids is 1. The maximum absolute atomic E-state index is 12.6. The molecule has 1 fully saturated rings. The monoisotopic (exact) mass is 372 g/mol. The van der Waals surface area contributed by atoms with Crippen LogP contribution in [0.3, 0.4) is 0 Å². The van der Waals surface area contributed by atoms with E-state index in [0.29, 0.717) is 31.6 Å². The summed E-state index contributed by atoms with van der Waals surface area (Å²) in [6, 6.07) is 0. The molecule has 142 valence electrons. The molecule has 10 heteroatoms. The first-order chi connectivity index (χ1) is 12.3. The molecule has 0 bridgehead atoms. The molecule has 3 heterocycles. The zero-order chi connectivity index (χ0) is 18.9. The second-order valence-electron chi connectivity index (χ2n) is 6.42. The molecule has 1 saturated heterocycles. The van der Waals surface area contributed by atoms with Crippen molar-refractivity contribution in [2.24, 2.45) is 0 Å². The summed E-state index contributed by atoms with van der Waals surface area (Å²) in [5, 5.41) is 10.4. The van der Waals surface area contributed by atoms with Gasteiger partial charge in [-0.1, -0.05) is 5.16 Å². The second kappa shape index (κ2) is 7.08. The van der Waals surface area contributed by atoms with Crippen LogP contribution >= 0.6 is 0 Å². The Morgan fingerprint density at radius 1 is 1.31 bits per heavy atom. The number of likely N-dealkylation sites (tertiary alicyclic amines) is 1. The number of alkyl halides is 3. The summed E-state index contributed by atoms with van der Waals surface area (Å²) in [6.45, 7) is 4.46. The number of hydrogen-bond acceptors (Lipinski definition) is 6. The third-order valence-electron chi connectivity index (χ3n) is 4.58. The molecular weight excluding hydrogens is 353 g/mol. The van der Waals surface area contributed by atoms with Crippen LogP contribution in [0.5, 0.6) is 0 Å². The Morgan fingerprint density at radius 3 is 2.69 bits per heavy atom. The zero-order valence-corrected chi connectivity index (χ0v) is 14.5. The van der Waals surface area contributed by atoms with Gasteiger partial charge in [-0.25, -0.2) is 0 Å². The fourth-order valence-electron chi connectivity index (χ4n) is 3.17. The predicted octanol–water partition coefficient (Wildman–Crippen LogP) is 3.03. The van der Waals surface area contributed by atoms with Crippen molar-refractivity contribution in [2.45, 2.75) is 51.6 Å². The van der Waals surface area contributed by atoms with Gasteiger partial charge in [0.05, 0.1) is 11.6 Å². The van der Waals surface area contributed by atoms with E-state index >= 15 is 0 Å². The molecule has 26 heavy (non-hydrogen) atoms. The van der Waals surface area contributed by atoms with Crippen molar-refractivity contribution >= 4 is 5.91 Å². The average Bonchev–Trinajstić information content (AvgIpc) is 3.21. The first-order valence-electron chi connectivity index (χ1n) is 8.36. The number of aromatic nitrogens is 3. The molecule has 7 nitrogen and oxygen atoms in total. The molecule has 3 rings (SSSR count). The molecule has 0 spiro atoms. The minimum Gasteiger partial charge on any atom is -0.417 e. The van der Waals surface area contributed by atoms with Crippen molar-refractivity contribution in [1.82, 2.24) is 20.3 Å². The fraction of sp³-hybridized carbons (Fsp3) is 0.625. The van der Waals surface area contributed by atoms with Crippen LogP contribution in [-0.4, -0.2) is 39.3 Å². The third kappa shape index (κ3) is 3.88. The second-order valence-corrected chi connectivity index (χ2v) is 6.42. The van der Waals surface area contributed by atoms with E-state index in [1.807, 2.05) is 6.92 Å². The number of amides is 1. The number of aryl methyl sites for hydroxylation is 2. The van der Waals surface area contributed by atoms with Crippen LogP contribution in [-0.2, 0) is 17.4 Å². The lowest BCUT2D eigenvalue weighted by molar-refractivity contribution is -0.157. The SMILES string of the molecule is Cc1noc(C)c1CCC(=O)N1CCCC(c2nnc(C(F)(F)F)o2)C1. The van der Waals surface area contributed by atoms with Gasteiger partial charge in [0.25, 0.3) is 0 Å². The van der Waals surface area contributed by atoms with Gasteiger partial charge < -0.3 is 13.8 Å². The molecule has 1 aliphatic heterocycles. The Hall–Kier alpha value is -2.39.